The highest BCUT2D eigenvalue weighted by Gasteiger charge is 2.35. The number of unbranched alkanes of at least 4 members (excludes halogenated alkanes) is 1. The van der Waals surface area contributed by atoms with E-state index in [1.54, 1.807) is 0 Å². The maximum Gasteiger partial charge on any atom is 0.220 e. The molecule has 0 aromatic rings. The fraction of sp³-hybridized carbons (Fsp3) is 0.944. The number of piperidine rings is 1. The minimum atomic E-state index is 0. The van der Waals surface area contributed by atoms with E-state index in [9.17, 15) is 4.79 Å². The standard InChI is InChI=1S/C18H32N2O.ClH/c1-2-3-5-14-6-4-7-17(14)20-18(21)12-13-10-15-8-9-16(11-13)19-15;/h13-17,19H,2-12H2,1H3,(H,20,21);1H. The Balaban J connectivity index is 0.00000176. The Morgan fingerprint density at radius 1 is 1.14 bits per heavy atom. The third kappa shape index (κ3) is 4.61. The first-order chi connectivity index (χ1) is 10.2. The van der Waals surface area contributed by atoms with Gasteiger partial charge in [-0.3, -0.25) is 4.79 Å². The topological polar surface area (TPSA) is 41.1 Å². The molecule has 2 heterocycles. The van der Waals surface area contributed by atoms with Crippen molar-refractivity contribution in [1.82, 2.24) is 10.6 Å². The summed E-state index contributed by atoms with van der Waals surface area (Å²) < 4.78 is 0. The van der Waals surface area contributed by atoms with Crippen molar-refractivity contribution in [3.8, 4) is 0 Å². The van der Waals surface area contributed by atoms with Crippen molar-refractivity contribution in [1.29, 1.82) is 0 Å². The van der Waals surface area contributed by atoms with Gasteiger partial charge < -0.3 is 10.6 Å². The molecule has 128 valence electrons. The number of amides is 1. The molecule has 3 nitrogen and oxygen atoms in total. The summed E-state index contributed by atoms with van der Waals surface area (Å²) in [7, 11) is 0. The maximum absolute atomic E-state index is 12.4. The average molecular weight is 329 g/mol. The molecule has 1 aliphatic carbocycles. The number of hydrogen-bond acceptors (Lipinski definition) is 2. The van der Waals surface area contributed by atoms with Gasteiger partial charge in [0, 0.05) is 24.5 Å². The number of fused-ring (bicyclic) bond motifs is 2. The lowest BCUT2D eigenvalue weighted by Gasteiger charge is -2.29. The Morgan fingerprint density at radius 2 is 1.86 bits per heavy atom. The van der Waals surface area contributed by atoms with E-state index in [2.05, 4.69) is 17.6 Å². The Hall–Kier alpha value is -0.280. The molecular formula is C18H33ClN2O. The molecule has 1 amide bonds. The van der Waals surface area contributed by atoms with Crippen LogP contribution in [0.2, 0.25) is 0 Å². The van der Waals surface area contributed by atoms with Crippen LogP contribution in [-0.2, 0) is 4.79 Å². The van der Waals surface area contributed by atoms with E-state index in [1.807, 2.05) is 0 Å². The third-order valence-corrected chi connectivity index (χ3v) is 5.98. The summed E-state index contributed by atoms with van der Waals surface area (Å²) in [5.74, 6) is 1.70. The van der Waals surface area contributed by atoms with Crippen molar-refractivity contribution in [3.63, 3.8) is 0 Å². The van der Waals surface area contributed by atoms with Crippen LogP contribution in [0.25, 0.3) is 0 Å². The van der Waals surface area contributed by atoms with E-state index in [4.69, 9.17) is 0 Å². The lowest BCUT2D eigenvalue weighted by Crippen LogP contribution is -2.42. The van der Waals surface area contributed by atoms with Crippen molar-refractivity contribution in [3.05, 3.63) is 0 Å². The summed E-state index contributed by atoms with van der Waals surface area (Å²) >= 11 is 0. The van der Waals surface area contributed by atoms with E-state index in [1.165, 1.54) is 64.2 Å². The van der Waals surface area contributed by atoms with Crippen LogP contribution in [-0.4, -0.2) is 24.0 Å². The predicted octanol–water partition coefficient (Wildman–Crippen LogP) is 3.80. The van der Waals surface area contributed by atoms with Crippen LogP contribution >= 0.6 is 12.4 Å². The SMILES string of the molecule is CCCCC1CCCC1NC(=O)CC1CC2CCC(C1)N2.Cl. The van der Waals surface area contributed by atoms with E-state index in [0.29, 0.717) is 30.0 Å². The van der Waals surface area contributed by atoms with Gasteiger partial charge in [0.1, 0.15) is 0 Å². The number of nitrogens with one attached hydrogen (secondary N) is 2. The number of carbonyl (C=O) groups excluding carboxylic acids is 1. The summed E-state index contributed by atoms with van der Waals surface area (Å²) in [5.41, 5.74) is 0. The number of halogens is 1. The molecule has 2 bridgehead atoms. The highest BCUT2D eigenvalue weighted by molar-refractivity contribution is 5.85. The van der Waals surface area contributed by atoms with Crippen molar-refractivity contribution in [2.24, 2.45) is 11.8 Å². The molecule has 2 N–H and O–H groups in total. The van der Waals surface area contributed by atoms with Gasteiger partial charge in [-0.1, -0.05) is 26.2 Å². The Labute approximate surface area is 141 Å². The van der Waals surface area contributed by atoms with Crippen LogP contribution in [0, 0.1) is 11.8 Å². The molecule has 0 aromatic carbocycles. The van der Waals surface area contributed by atoms with Crippen molar-refractivity contribution in [2.45, 2.75) is 95.7 Å². The number of hydrogen-bond donors (Lipinski definition) is 2. The van der Waals surface area contributed by atoms with Crippen LogP contribution in [0.3, 0.4) is 0 Å². The molecule has 4 atom stereocenters. The Bertz CT molecular complexity index is 351. The molecule has 2 saturated heterocycles. The average Bonchev–Trinajstić information content (AvgIpc) is 3.03. The summed E-state index contributed by atoms with van der Waals surface area (Å²) in [6, 6.07) is 1.87. The molecular weight excluding hydrogens is 296 g/mol. The highest BCUT2D eigenvalue weighted by Crippen LogP contribution is 2.33. The molecule has 3 fully saturated rings. The van der Waals surface area contributed by atoms with E-state index < -0.39 is 0 Å². The van der Waals surface area contributed by atoms with Crippen molar-refractivity contribution < 1.29 is 4.79 Å². The summed E-state index contributed by atoms with van der Waals surface area (Å²) in [5, 5.41) is 7.04. The zero-order valence-corrected chi connectivity index (χ0v) is 14.8. The van der Waals surface area contributed by atoms with Gasteiger partial charge in [0.05, 0.1) is 0 Å². The lowest BCUT2D eigenvalue weighted by atomic mass is 9.89. The highest BCUT2D eigenvalue weighted by atomic mass is 35.5. The Morgan fingerprint density at radius 3 is 2.55 bits per heavy atom. The van der Waals surface area contributed by atoms with Gasteiger partial charge in [-0.15, -0.1) is 12.4 Å². The molecule has 0 spiro atoms. The van der Waals surface area contributed by atoms with E-state index in [-0.39, 0.29) is 12.4 Å². The van der Waals surface area contributed by atoms with E-state index in [0.717, 1.165) is 12.3 Å². The van der Waals surface area contributed by atoms with Crippen LogP contribution in [0.5, 0.6) is 0 Å². The van der Waals surface area contributed by atoms with E-state index >= 15 is 0 Å². The first kappa shape index (κ1) is 18.1. The smallest absolute Gasteiger partial charge is 0.220 e. The van der Waals surface area contributed by atoms with Crippen molar-refractivity contribution in [2.75, 3.05) is 0 Å². The molecule has 4 unspecified atom stereocenters. The molecule has 4 heteroatoms. The largest absolute Gasteiger partial charge is 0.353 e. The van der Waals surface area contributed by atoms with Gasteiger partial charge in [-0.05, 0) is 56.8 Å². The molecule has 2 aliphatic heterocycles. The minimum Gasteiger partial charge on any atom is -0.353 e. The van der Waals surface area contributed by atoms with Gasteiger partial charge in [0.25, 0.3) is 0 Å². The van der Waals surface area contributed by atoms with Crippen LogP contribution < -0.4 is 10.6 Å². The number of carbonyl (C=O) groups is 1. The zero-order valence-electron chi connectivity index (χ0n) is 14.0. The first-order valence-corrected chi connectivity index (χ1v) is 9.30. The van der Waals surface area contributed by atoms with Gasteiger partial charge in [0.15, 0.2) is 0 Å². The number of rotatable bonds is 6. The fourth-order valence-electron chi connectivity index (χ4n) is 4.91. The first-order valence-electron chi connectivity index (χ1n) is 9.30. The van der Waals surface area contributed by atoms with Gasteiger partial charge in [0.2, 0.25) is 5.91 Å². The summed E-state index contributed by atoms with van der Waals surface area (Å²) in [4.78, 5) is 12.4. The Kier molecular flexibility index (Phi) is 7.01. The minimum absolute atomic E-state index is 0. The molecule has 0 radical (unpaired) electrons. The van der Waals surface area contributed by atoms with Gasteiger partial charge in [-0.25, -0.2) is 0 Å². The predicted molar refractivity (Wildman–Crippen MR) is 93.3 cm³/mol. The second-order valence-electron chi connectivity index (χ2n) is 7.69. The molecule has 0 aromatic heterocycles. The monoisotopic (exact) mass is 328 g/mol. The third-order valence-electron chi connectivity index (χ3n) is 5.98. The summed E-state index contributed by atoms with van der Waals surface area (Å²) in [6.07, 6.45) is 13.6. The van der Waals surface area contributed by atoms with Crippen LogP contribution in [0.4, 0.5) is 0 Å². The van der Waals surface area contributed by atoms with Crippen molar-refractivity contribution >= 4 is 18.3 Å². The fourth-order valence-corrected chi connectivity index (χ4v) is 4.91. The molecule has 3 rings (SSSR count). The maximum atomic E-state index is 12.4. The van der Waals surface area contributed by atoms with Crippen LogP contribution in [0.15, 0.2) is 0 Å². The molecule has 22 heavy (non-hydrogen) atoms. The second-order valence-corrected chi connectivity index (χ2v) is 7.69. The lowest BCUT2D eigenvalue weighted by molar-refractivity contribution is -0.123. The summed E-state index contributed by atoms with van der Waals surface area (Å²) in [6.45, 7) is 2.26. The van der Waals surface area contributed by atoms with Gasteiger partial charge in [-0.2, -0.15) is 0 Å². The second kappa shape index (κ2) is 8.54. The molecule has 3 aliphatic rings. The molecule has 1 saturated carbocycles. The van der Waals surface area contributed by atoms with Gasteiger partial charge >= 0.3 is 0 Å². The quantitative estimate of drug-likeness (QED) is 0.778. The normalized spacial score (nSPS) is 36.9. The zero-order chi connectivity index (χ0) is 14.7. The van der Waals surface area contributed by atoms with Crippen LogP contribution in [0.1, 0.15) is 77.6 Å².